The molecule has 23 heavy (non-hydrogen) atoms. The summed E-state index contributed by atoms with van der Waals surface area (Å²) in [7, 11) is 0. The fraction of sp³-hybridized carbons (Fsp3) is 0.533. The van der Waals surface area contributed by atoms with Crippen LogP contribution in [0.1, 0.15) is 35.4 Å². The first-order chi connectivity index (χ1) is 11.0. The van der Waals surface area contributed by atoms with Crippen LogP contribution in [0.15, 0.2) is 17.5 Å². The molecule has 0 unspecified atom stereocenters. The molecule has 0 bridgehead atoms. The van der Waals surface area contributed by atoms with Crippen molar-refractivity contribution in [3.05, 3.63) is 22.4 Å². The topological polar surface area (TPSA) is 107 Å². The summed E-state index contributed by atoms with van der Waals surface area (Å²) in [4.78, 5) is 35.0. The Morgan fingerprint density at radius 2 is 1.96 bits per heavy atom. The van der Waals surface area contributed by atoms with Gasteiger partial charge in [0.05, 0.1) is 4.88 Å². The van der Waals surface area contributed by atoms with Crippen LogP contribution in [-0.2, 0) is 9.59 Å². The number of thiophene rings is 1. The highest BCUT2D eigenvalue weighted by atomic mass is 32.1. The second-order valence-corrected chi connectivity index (χ2v) is 6.41. The summed E-state index contributed by atoms with van der Waals surface area (Å²) in [5.74, 6) is -1.78. The van der Waals surface area contributed by atoms with Crippen LogP contribution in [0.5, 0.6) is 0 Å². The molecule has 0 aliphatic carbocycles. The van der Waals surface area contributed by atoms with Crippen molar-refractivity contribution in [1.82, 2.24) is 10.2 Å². The van der Waals surface area contributed by atoms with Gasteiger partial charge in [0.2, 0.25) is 0 Å². The van der Waals surface area contributed by atoms with E-state index in [0.29, 0.717) is 17.8 Å². The molecule has 126 valence electrons. The standard InChI is InChI=1S/C10H11NO3S.C5H9NO2/c12-9(8-4-2-6-15-8)11-5-1-3-7(11)10(13)14;7-5(8)4-2-1-3-6-4/h2,4,6-7H,1,3,5H2,(H,13,14);4,6H,1-3H2,(H,7,8)/t7-;4-/m00/s1. The van der Waals surface area contributed by atoms with E-state index in [9.17, 15) is 14.4 Å². The number of aliphatic carboxylic acids is 2. The molecule has 1 aromatic heterocycles. The predicted octanol–water partition coefficient (Wildman–Crippen LogP) is 1.26. The Morgan fingerprint density at radius 3 is 2.43 bits per heavy atom. The van der Waals surface area contributed by atoms with E-state index in [1.165, 1.54) is 16.2 Å². The average molecular weight is 340 g/mol. The molecule has 0 saturated carbocycles. The second kappa shape index (κ2) is 8.07. The van der Waals surface area contributed by atoms with E-state index in [1.807, 2.05) is 5.38 Å². The van der Waals surface area contributed by atoms with Crippen molar-refractivity contribution in [1.29, 1.82) is 0 Å². The maximum atomic E-state index is 11.9. The molecule has 3 N–H and O–H groups in total. The Kier molecular flexibility index (Phi) is 6.12. The quantitative estimate of drug-likeness (QED) is 0.765. The summed E-state index contributed by atoms with van der Waals surface area (Å²) >= 11 is 1.35. The van der Waals surface area contributed by atoms with Gasteiger partial charge < -0.3 is 20.4 Å². The zero-order valence-electron chi connectivity index (χ0n) is 12.6. The summed E-state index contributed by atoms with van der Waals surface area (Å²) in [6.45, 7) is 1.41. The fourth-order valence-corrected chi connectivity index (χ4v) is 3.38. The Labute approximate surface area is 137 Å². The monoisotopic (exact) mass is 340 g/mol. The third kappa shape index (κ3) is 4.52. The summed E-state index contributed by atoms with van der Waals surface area (Å²) in [6.07, 6.45) is 3.12. The van der Waals surface area contributed by atoms with E-state index in [4.69, 9.17) is 10.2 Å². The van der Waals surface area contributed by atoms with Crippen LogP contribution in [0.25, 0.3) is 0 Å². The smallest absolute Gasteiger partial charge is 0.326 e. The van der Waals surface area contributed by atoms with Gasteiger partial charge in [-0.2, -0.15) is 0 Å². The molecule has 0 radical (unpaired) electrons. The zero-order valence-corrected chi connectivity index (χ0v) is 13.4. The van der Waals surface area contributed by atoms with Gasteiger partial charge in [0.15, 0.2) is 0 Å². The van der Waals surface area contributed by atoms with E-state index >= 15 is 0 Å². The first kappa shape index (κ1) is 17.4. The maximum absolute atomic E-state index is 11.9. The summed E-state index contributed by atoms with van der Waals surface area (Å²) in [6, 6.07) is 2.61. The van der Waals surface area contributed by atoms with Gasteiger partial charge in [-0.25, -0.2) is 4.79 Å². The van der Waals surface area contributed by atoms with Gasteiger partial charge in [0.1, 0.15) is 12.1 Å². The third-order valence-corrected chi connectivity index (χ3v) is 4.75. The minimum Gasteiger partial charge on any atom is -0.480 e. The minimum absolute atomic E-state index is 0.157. The van der Waals surface area contributed by atoms with Crippen LogP contribution in [0, 0.1) is 0 Å². The van der Waals surface area contributed by atoms with Crippen molar-refractivity contribution < 1.29 is 24.6 Å². The SMILES string of the molecule is O=C(O)[C@@H]1CCCN1.O=C(O)[C@@H]1CCCN1C(=O)c1cccs1. The van der Waals surface area contributed by atoms with Crippen molar-refractivity contribution in [3.8, 4) is 0 Å². The molecule has 2 aliphatic heterocycles. The predicted molar refractivity (Wildman–Crippen MR) is 84.7 cm³/mol. The highest BCUT2D eigenvalue weighted by Gasteiger charge is 2.34. The number of carbonyl (C=O) groups is 3. The Balaban J connectivity index is 0.000000203. The summed E-state index contributed by atoms with van der Waals surface area (Å²) < 4.78 is 0. The van der Waals surface area contributed by atoms with E-state index in [-0.39, 0.29) is 11.9 Å². The van der Waals surface area contributed by atoms with Gasteiger partial charge in [-0.3, -0.25) is 9.59 Å². The van der Waals surface area contributed by atoms with Crippen LogP contribution < -0.4 is 5.32 Å². The number of hydrogen-bond acceptors (Lipinski definition) is 5. The molecule has 2 aliphatic rings. The highest BCUT2D eigenvalue weighted by Crippen LogP contribution is 2.22. The molecular formula is C15H20N2O5S. The number of nitrogens with zero attached hydrogens (tertiary/aromatic N) is 1. The average Bonchev–Trinajstić information content (AvgIpc) is 3.27. The number of carboxylic acids is 2. The van der Waals surface area contributed by atoms with Crippen molar-refractivity contribution in [3.63, 3.8) is 0 Å². The first-order valence-electron chi connectivity index (χ1n) is 7.54. The molecule has 0 aromatic carbocycles. The largest absolute Gasteiger partial charge is 0.480 e. The van der Waals surface area contributed by atoms with Gasteiger partial charge in [-0.15, -0.1) is 11.3 Å². The van der Waals surface area contributed by atoms with Crippen molar-refractivity contribution in [2.75, 3.05) is 13.1 Å². The molecular weight excluding hydrogens is 320 g/mol. The minimum atomic E-state index is -0.905. The lowest BCUT2D eigenvalue weighted by Crippen LogP contribution is -2.40. The lowest BCUT2D eigenvalue weighted by Gasteiger charge is -2.20. The molecule has 1 amide bonds. The van der Waals surface area contributed by atoms with E-state index in [1.54, 1.807) is 12.1 Å². The van der Waals surface area contributed by atoms with E-state index < -0.39 is 18.0 Å². The van der Waals surface area contributed by atoms with Gasteiger partial charge in [-0.1, -0.05) is 6.07 Å². The third-order valence-electron chi connectivity index (χ3n) is 3.89. The summed E-state index contributed by atoms with van der Waals surface area (Å²) in [5, 5.41) is 22.0. The fourth-order valence-electron chi connectivity index (χ4n) is 2.70. The number of amides is 1. The van der Waals surface area contributed by atoms with Crippen molar-refractivity contribution in [2.45, 2.75) is 37.8 Å². The lowest BCUT2D eigenvalue weighted by atomic mass is 10.2. The number of likely N-dealkylation sites (tertiary alicyclic amines) is 1. The van der Waals surface area contributed by atoms with E-state index in [0.717, 1.165) is 25.8 Å². The van der Waals surface area contributed by atoms with Crippen LogP contribution in [0.4, 0.5) is 0 Å². The van der Waals surface area contributed by atoms with Gasteiger partial charge >= 0.3 is 11.9 Å². The molecule has 7 nitrogen and oxygen atoms in total. The van der Waals surface area contributed by atoms with Gasteiger partial charge in [0, 0.05) is 6.54 Å². The van der Waals surface area contributed by atoms with Gasteiger partial charge in [0.25, 0.3) is 5.91 Å². The number of hydrogen-bond donors (Lipinski definition) is 3. The Hall–Kier alpha value is -1.93. The number of nitrogens with one attached hydrogen (secondary N) is 1. The molecule has 1 aromatic rings. The van der Waals surface area contributed by atoms with Crippen molar-refractivity contribution >= 4 is 29.2 Å². The second-order valence-electron chi connectivity index (χ2n) is 5.46. The Morgan fingerprint density at radius 1 is 1.17 bits per heavy atom. The number of rotatable bonds is 3. The highest BCUT2D eigenvalue weighted by molar-refractivity contribution is 7.12. The molecule has 3 rings (SSSR count). The molecule has 3 heterocycles. The van der Waals surface area contributed by atoms with E-state index in [2.05, 4.69) is 5.32 Å². The van der Waals surface area contributed by atoms with Crippen LogP contribution in [0.2, 0.25) is 0 Å². The summed E-state index contributed by atoms with van der Waals surface area (Å²) in [5.41, 5.74) is 0. The molecule has 2 fully saturated rings. The molecule has 2 atom stereocenters. The molecule has 2 saturated heterocycles. The molecule has 8 heteroatoms. The van der Waals surface area contributed by atoms with Crippen LogP contribution >= 0.6 is 11.3 Å². The number of carbonyl (C=O) groups excluding carboxylic acids is 1. The van der Waals surface area contributed by atoms with Gasteiger partial charge in [-0.05, 0) is 43.7 Å². The maximum Gasteiger partial charge on any atom is 0.326 e. The Bertz CT molecular complexity index is 554. The van der Waals surface area contributed by atoms with Crippen molar-refractivity contribution in [2.24, 2.45) is 0 Å². The zero-order chi connectivity index (χ0) is 16.8. The first-order valence-corrected chi connectivity index (χ1v) is 8.42. The lowest BCUT2D eigenvalue weighted by molar-refractivity contribution is -0.141. The normalized spacial score (nSPS) is 23.2. The van der Waals surface area contributed by atoms with Crippen LogP contribution in [0.3, 0.4) is 0 Å². The molecule has 0 spiro atoms. The van der Waals surface area contributed by atoms with Crippen LogP contribution in [-0.4, -0.2) is 58.1 Å². The number of carboxylic acid groups (broad SMARTS) is 2.